The molecule has 1 saturated carbocycles. The van der Waals surface area contributed by atoms with Crippen molar-refractivity contribution in [1.29, 1.82) is 0 Å². The fourth-order valence-corrected chi connectivity index (χ4v) is 4.11. The first-order chi connectivity index (χ1) is 15.3. The zero-order valence-corrected chi connectivity index (χ0v) is 21.1. The van der Waals surface area contributed by atoms with E-state index in [1.54, 1.807) is 46.1 Å². The number of ether oxygens (including phenoxy) is 2. The summed E-state index contributed by atoms with van der Waals surface area (Å²) < 4.78 is 12.6. The Hall–Kier alpha value is -2.62. The van der Waals surface area contributed by atoms with Gasteiger partial charge in [0, 0.05) is 18.3 Å². The van der Waals surface area contributed by atoms with Gasteiger partial charge in [0.25, 0.3) is 5.56 Å². The van der Waals surface area contributed by atoms with Gasteiger partial charge in [0.1, 0.15) is 16.8 Å². The molecule has 0 atom stereocenters. The summed E-state index contributed by atoms with van der Waals surface area (Å²) in [6, 6.07) is 1.28. The summed E-state index contributed by atoms with van der Waals surface area (Å²) in [7, 11) is 0. The molecule has 2 aromatic heterocycles. The maximum Gasteiger partial charge on any atom is 0.424 e. The van der Waals surface area contributed by atoms with Crippen LogP contribution in [0.5, 0.6) is 0 Å². The van der Waals surface area contributed by atoms with Gasteiger partial charge in [0.2, 0.25) is 0 Å². The molecule has 0 aliphatic heterocycles. The van der Waals surface area contributed by atoms with Crippen LogP contribution in [0.1, 0.15) is 73.3 Å². The average molecular weight is 477 g/mol. The number of aromatic nitrogens is 3. The second kappa shape index (κ2) is 9.32. The molecule has 0 saturated heterocycles. The summed E-state index contributed by atoms with van der Waals surface area (Å²) in [6.07, 6.45) is 5.30. The van der Waals surface area contributed by atoms with Gasteiger partial charge in [0.05, 0.1) is 11.1 Å². The number of imide groups is 1. The number of carbonyl (C=O) groups excluding carboxylic acids is 2. The molecule has 10 heteroatoms. The molecule has 1 aliphatic rings. The van der Waals surface area contributed by atoms with Gasteiger partial charge in [-0.3, -0.25) is 9.36 Å². The molecule has 0 radical (unpaired) electrons. The van der Waals surface area contributed by atoms with Crippen LogP contribution in [0.25, 0.3) is 11.0 Å². The number of hydrogen-bond acceptors (Lipinski definition) is 8. The van der Waals surface area contributed by atoms with Gasteiger partial charge >= 0.3 is 12.2 Å². The Morgan fingerprint density at radius 1 is 1.06 bits per heavy atom. The van der Waals surface area contributed by atoms with Crippen LogP contribution in [0.3, 0.4) is 0 Å². The summed E-state index contributed by atoms with van der Waals surface area (Å²) in [6.45, 7) is 10.2. The molecular formula is C23H32N4O5S. The maximum atomic E-state index is 13.3. The maximum absolute atomic E-state index is 13.3. The highest BCUT2D eigenvalue weighted by Gasteiger charge is 2.35. The predicted octanol–water partition coefficient (Wildman–Crippen LogP) is 5.31. The van der Waals surface area contributed by atoms with E-state index in [2.05, 4.69) is 9.97 Å². The minimum atomic E-state index is -0.940. The second-order valence-corrected chi connectivity index (χ2v) is 10.8. The summed E-state index contributed by atoms with van der Waals surface area (Å²) >= 11 is 1.35. The normalized spacial score (nSPS) is 15.0. The van der Waals surface area contributed by atoms with Crippen LogP contribution in [0.2, 0.25) is 0 Å². The van der Waals surface area contributed by atoms with E-state index >= 15 is 0 Å². The van der Waals surface area contributed by atoms with Crippen molar-refractivity contribution in [2.24, 2.45) is 0 Å². The highest BCUT2D eigenvalue weighted by molar-refractivity contribution is 7.98. The quantitative estimate of drug-likeness (QED) is 0.434. The van der Waals surface area contributed by atoms with Crippen LogP contribution in [-0.4, -0.2) is 44.2 Å². The zero-order chi connectivity index (χ0) is 24.6. The lowest BCUT2D eigenvalue weighted by molar-refractivity contribution is 0.0431. The highest BCUT2D eigenvalue weighted by atomic mass is 32.2. The number of nitrogens with zero attached hydrogens (tertiary/aromatic N) is 4. The highest BCUT2D eigenvalue weighted by Crippen LogP contribution is 2.34. The first-order valence-electron chi connectivity index (χ1n) is 11.0. The molecular weight excluding hydrogens is 444 g/mol. The van der Waals surface area contributed by atoms with Gasteiger partial charge in [-0.25, -0.2) is 19.6 Å². The number of rotatable bonds is 3. The SMILES string of the molecule is CSc1ncc2c(N(C(=O)OC(C)(C)C)C(=O)OC(C)(C)C)cc(=O)n(C3CCCC3)c2n1. The number of thioether (sulfide) groups is 1. The van der Waals surface area contributed by atoms with Crippen LogP contribution in [-0.2, 0) is 9.47 Å². The molecule has 1 fully saturated rings. The number of pyridine rings is 1. The van der Waals surface area contributed by atoms with Crippen molar-refractivity contribution in [2.75, 3.05) is 11.2 Å². The molecule has 33 heavy (non-hydrogen) atoms. The first-order valence-corrected chi connectivity index (χ1v) is 12.3. The van der Waals surface area contributed by atoms with Crippen molar-refractivity contribution in [3.8, 4) is 0 Å². The van der Waals surface area contributed by atoms with Crippen LogP contribution >= 0.6 is 11.8 Å². The molecule has 9 nitrogen and oxygen atoms in total. The van der Waals surface area contributed by atoms with E-state index < -0.39 is 23.4 Å². The van der Waals surface area contributed by atoms with Crippen molar-refractivity contribution >= 4 is 40.7 Å². The molecule has 2 amide bonds. The van der Waals surface area contributed by atoms with E-state index in [4.69, 9.17) is 9.47 Å². The first kappa shape index (κ1) is 25.0. The molecule has 180 valence electrons. The summed E-state index contributed by atoms with van der Waals surface area (Å²) in [5.41, 5.74) is -1.64. The predicted molar refractivity (Wildman–Crippen MR) is 128 cm³/mol. The Kier molecular flexibility index (Phi) is 7.07. The average Bonchev–Trinajstić information content (AvgIpc) is 3.18. The van der Waals surface area contributed by atoms with Crippen LogP contribution in [0, 0.1) is 0 Å². The molecule has 0 N–H and O–H groups in total. The van der Waals surface area contributed by atoms with Gasteiger partial charge in [-0.2, -0.15) is 4.90 Å². The Bertz CT molecular complexity index is 1080. The fourth-order valence-electron chi connectivity index (χ4n) is 3.78. The van der Waals surface area contributed by atoms with Crippen molar-refractivity contribution in [1.82, 2.24) is 14.5 Å². The molecule has 0 spiro atoms. The van der Waals surface area contributed by atoms with Gasteiger partial charge in [-0.15, -0.1) is 0 Å². The van der Waals surface area contributed by atoms with Gasteiger partial charge in [-0.1, -0.05) is 24.6 Å². The van der Waals surface area contributed by atoms with E-state index in [-0.39, 0.29) is 17.3 Å². The molecule has 1 aliphatic carbocycles. The molecule has 0 aromatic carbocycles. The van der Waals surface area contributed by atoms with Gasteiger partial charge in [0.15, 0.2) is 5.16 Å². The van der Waals surface area contributed by atoms with Crippen molar-refractivity contribution in [3.63, 3.8) is 0 Å². The summed E-state index contributed by atoms with van der Waals surface area (Å²) in [5.74, 6) is 0. The van der Waals surface area contributed by atoms with E-state index in [9.17, 15) is 14.4 Å². The van der Waals surface area contributed by atoms with Crippen molar-refractivity contribution in [2.45, 2.75) is 89.6 Å². The lowest BCUT2D eigenvalue weighted by Crippen LogP contribution is -2.44. The number of carbonyl (C=O) groups is 2. The minimum absolute atomic E-state index is 0.00941. The fraction of sp³-hybridized carbons (Fsp3) is 0.609. The van der Waals surface area contributed by atoms with Gasteiger partial charge in [-0.05, 0) is 60.6 Å². The standard InChI is InChI=1S/C23H32N4O5S/c1-22(2,3)31-20(29)27(21(30)32-23(4,5)6)16-12-17(28)26(14-10-8-9-11-14)18-15(16)13-24-19(25-18)33-7/h12-14H,8-11H2,1-7H3. The molecule has 3 rings (SSSR count). The lowest BCUT2D eigenvalue weighted by atomic mass is 10.2. The Morgan fingerprint density at radius 2 is 1.61 bits per heavy atom. The largest absolute Gasteiger partial charge is 0.443 e. The smallest absolute Gasteiger partial charge is 0.424 e. The number of anilines is 1. The lowest BCUT2D eigenvalue weighted by Gasteiger charge is -2.29. The van der Waals surface area contributed by atoms with Crippen molar-refractivity contribution in [3.05, 3.63) is 22.6 Å². The van der Waals surface area contributed by atoms with Gasteiger partial charge < -0.3 is 9.47 Å². The third-order valence-electron chi connectivity index (χ3n) is 5.01. The monoisotopic (exact) mass is 476 g/mol. The summed E-state index contributed by atoms with van der Waals surface area (Å²) in [5, 5.41) is 0.892. The second-order valence-electron chi connectivity index (χ2n) is 10.1. The Morgan fingerprint density at radius 3 is 2.09 bits per heavy atom. The minimum Gasteiger partial charge on any atom is -0.443 e. The van der Waals surface area contributed by atoms with Crippen LogP contribution < -0.4 is 10.5 Å². The van der Waals surface area contributed by atoms with Crippen LogP contribution in [0.15, 0.2) is 22.2 Å². The Balaban J connectivity index is 2.26. The van der Waals surface area contributed by atoms with Crippen LogP contribution in [0.4, 0.5) is 15.3 Å². The van der Waals surface area contributed by atoms with Crippen molar-refractivity contribution < 1.29 is 19.1 Å². The molecule has 0 unspecified atom stereocenters. The number of hydrogen-bond donors (Lipinski definition) is 0. The zero-order valence-electron chi connectivity index (χ0n) is 20.3. The van der Waals surface area contributed by atoms with E-state index in [0.29, 0.717) is 16.2 Å². The number of amides is 2. The van der Waals surface area contributed by atoms with E-state index in [1.165, 1.54) is 24.0 Å². The van der Waals surface area contributed by atoms with E-state index in [0.717, 1.165) is 30.6 Å². The topological polar surface area (TPSA) is 104 Å². The third kappa shape index (κ3) is 5.85. The third-order valence-corrected chi connectivity index (χ3v) is 5.58. The molecule has 2 heterocycles. The summed E-state index contributed by atoms with van der Waals surface area (Å²) in [4.78, 5) is 49.3. The molecule has 0 bridgehead atoms. The molecule has 2 aromatic rings. The Labute approximate surface area is 197 Å². The van der Waals surface area contributed by atoms with E-state index in [1.807, 2.05) is 6.26 Å². The number of fused-ring (bicyclic) bond motifs is 1.